The number of para-hydroxylation sites is 2. The standard InChI is InChI=1S/C67H38N2/c1-2-15-44-43(14-1)47-21-13-22-51-61(47)53(44)38-54-62(51)49-19-6-11-26-59(49)69-66(54)42-34-30-40(31-35-42)39-28-32-41(33-29-39)65-52-36-37-58-64(63(52)50-20-7-12-27-60(50)68-65)48-18-5-10-25-57(48)67(58)55-23-8-3-16-45(55)46-17-4-9-24-56(46)67/h1-38H. The van der Waals surface area contributed by atoms with E-state index in [0.29, 0.717) is 0 Å². The van der Waals surface area contributed by atoms with Gasteiger partial charge in [-0.3, -0.25) is 0 Å². The molecule has 0 saturated heterocycles. The molecule has 11 aromatic carbocycles. The molecule has 2 heterocycles. The molecule has 0 saturated carbocycles. The fraction of sp³-hybridized carbons (Fsp3) is 0.0149. The Balaban J connectivity index is 0.831. The predicted octanol–water partition coefficient (Wildman–Crippen LogP) is 17.2. The Morgan fingerprint density at radius 2 is 0.696 bits per heavy atom. The summed E-state index contributed by atoms with van der Waals surface area (Å²) in [5, 5.41) is 9.85. The first-order valence-electron chi connectivity index (χ1n) is 24.0. The molecule has 316 valence electrons. The lowest BCUT2D eigenvalue weighted by atomic mass is 9.70. The van der Waals surface area contributed by atoms with Crippen LogP contribution in [0.2, 0.25) is 0 Å². The van der Waals surface area contributed by atoms with Crippen molar-refractivity contribution in [2.45, 2.75) is 5.41 Å². The van der Waals surface area contributed by atoms with Crippen LogP contribution < -0.4 is 0 Å². The van der Waals surface area contributed by atoms with Gasteiger partial charge in [0, 0.05) is 43.4 Å². The minimum atomic E-state index is -0.409. The summed E-state index contributed by atoms with van der Waals surface area (Å²) in [6.45, 7) is 0. The van der Waals surface area contributed by atoms with Crippen LogP contribution in [-0.2, 0) is 5.41 Å². The number of aromatic nitrogens is 2. The molecular weight excluding hydrogens is 833 g/mol. The Kier molecular flexibility index (Phi) is 7.30. The molecule has 3 aliphatic carbocycles. The molecule has 69 heavy (non-hydrogen) atoms. The maximum absolute atomic E-state index is 5.45. The molecule has 16 rings (SSSR count). The first-order chi connectivity index (χ1) is 34.2. The smallest absolute Gasteiger partial charge is 0.0788 e. The average Bonchev–Trinajstić information content (AvgIpc) is 4.03. The highest BCUT2D eigenvalue weighted by Crippen LogP contribution is 2.64. The summed E-state index contributed by atoms with van der Waals surface area (Å²) in [6.07, 6.45) is 0. The molecule has 0 fully saturated rings. The highest BCUT2D eigenvalue weighted by molar-refractivity contribution is 6.30. The van der Waals surface area contributed by atoms with Crippen LogP contribution in [0.1, 0.15) is 22.3 Å². The van der Waals surface area contributed by atoms with E-state index in [4.69, 9.17) is 9.97 Å². The molecule has 0 atom stereocenters. The van der Waals surface area contributed by atoms with Gasteiger partial charge in [-0.1, -0.05) is 212 Å². The molecule has 2 aromatic heterocycles. The Bertz CT molecular complexity index is 4360. The van der Waals surface area contributed by atoms with E-state index in [-0.39, 0.29) is 0 Å². The number of fused-ring (bicyclic) bond motifs is 21. The molecular formula is C67H38N2. The summed E-state index contributed by atoms with van der Waals surface area (Å²) in [5.41, 5.74) is 24.0. The molecule has 0 amide bonds. The molecule has 0 aliphatic heterocycles. The van der Waals surface area contributed by atoms with Gasteiger partial charge in [-0.15, -0.1) is 0 Å². The lowest BCUT2D eigenvalue weighted by molar-refractivity contribution is 0.794. The SMILES string of the molecule is c1ccc2c(c1)-c1cccc3c1c-2cc1c(-c2ccc(-c4ccc(-c5nc6ccccc6c6c7c(ccc56)C5(c6ccccc6-c6ccccc65)c5ccccc5-7)cc4)cc2)nc2ccccc2c13. The third kappa shape index (κ3) is 4.80. The largest absolute Gasteiger partial charge is 0.247 e. The van der Waals surface area contributed by atoms with E-state index < -0.39 is 5.41 Å². The van der Waals surface area contributed by atoms with E-state index >= 15 is 0 Å². The second kappa shape index (κ2) is 13.6. The van der Waals surface area contributed by atoms with Gasteiger partial charge in [0.05, 0.1) is 27.8 Å². The van der Waals surface area contributed by atoms with Crippen molar-refractivity contribution in [1.82, 2.24) is 9.97 Å². The predicted molar refractivity (Wildman–Crippen MR) is 287 cm³/mol. The van der Waals surface area contributed by atoms with E-state index in [2.05, 4.69) is 231 Å². The van der Waals surface area contributed by atoms with Crippen molar-refractivity contribution in [3.63, 3.8) is 0 Å². The molecule has 13 aromatic rings. The molecule has 0 radical (unpaired) electrons. The molecule has 2 nitrogen and oxygen atoms in total. The lowest BCUT2D eigenvalue weighted by Gasteiger charge is -2.30. The lowest BCUT2D eigenvalue weighted by Crippen LogP contribution is -2.25. The van der Waals surface area contributed by atoms with E-state index in [1.54, 1.807) is 0 Å². The third-order valence-electron chi connectivity index (χ3n) is 15.8. The molecule has 0 bridgehead atoms. The summed E-state index contributed by atoms with van der Waals surface area (Å²) in [7, 11) is 0. The first kappa shape index (κ1) is 37.1. The summed E-state index contributed by atoms with van der Waals surface area (Å²) >= 11 is 0. The van der Waals surface area contributed by atoms with Crippen molar-refractivity contribution < 1.29 is 0 Å². The molecule has 1 spiro atoms. The van der Waals surface area contributed by atoms with Crippen LogP contribution in [0.25, 0.3) is 132 Å². The van der Waals surface area contributed by atoms with Crippen molar-refractivity contribution in [3.8, 4) is 78.1 Å². The minimum absolute atomic E-state index is 0.409. The monoisotopic (exact) mass is 870 g/mol. The minimum Gasteiger partial charge on any atom is -0.247 e. The summed E-state index contributed by atoms with van der Waals surface area (Å²) < 4.78 is 0. The fourth-order valence-electron chi connectivity index (χ4n) is 13.0. The highest BCUT2D eigenvalue weighted by atomic mass is 14.7. The Labute approximate surface area is 398 Å². The number of rotatable bonds is 3. The normalized spacial score (nSPS) is 13.3. The van der Waals surface area contributed by atoms with Gasteiger partial charge in [0.25, 0.3) is 0 Å². The first-order valence-corrected chi connectivity index (χ1v) is 24.0. The molecule has 0 N–H and O–H groups in total. The van der Waals surface area contributed by atoms with Gasteiger partial charge >= 0.3 is 0 Å². The maximum Gasteiger partial charge on any atom is 0.0788 e. The van der Waals surface area contributed by atoms with Crippen molar-refractivity contribution >= 4 is 54.1 Å². The number of hydrogen-bond acceptors (Lipinski definition) is 2. The molecule has 0 unspecified atom stereocenters. The average molecular weight is 871 g/mol. The second-order valence-corrected chi connectivity index (χ2v) is 19.0. The fourth-order valence-corrected chi connectivity index (χ4v) is 13.0. The van der Waals surface area contributed by atoms with Gasteiger partial charge in [-0.25, -0.2) is 9.97 Å². The van der Waals surface area contributed by atoms with Crippen LogP contribution in [-0.4, -0.2) is 9.97 Å². The number of hydrogen-bond donors (Lipinski definition) is 0. The van der Waals surface area contributed by atoms with Crippen LogP contribution in [0.3, 0.4) is 0 Å². The number of benzene rings is 11. The maximum atomic E-state index is 5.45. The zero-order chi connectivity index (χ0) is 45.0. The van der Waals surface area contributed by atoms with Gasteiger partial charge < -0.3 is 0 Å². The van der Waals surface area contributed by atoms with Crippen molar-refractivity contribution in [2.24, 2.45) is 0 Å². The van der Waals surface area contributed by atoms with Gasteiger partial charge in [-0.2, -0.15) is 0 Å². The second-order valence-electron chi connectivity index (χ2n) is 19.0. The van der Waals surface area contributed by atoms with Crippen LogP contribution in [0, 0.1) is 0 Å². The van der Waals surface area contributed by atoms with Gasteiger partial charge in [0.15, 0.2) is 0 Å². The Morgan fingerprint density at radius 1 is 0.246 bits per heavy atom. The van der Waals surface area contributed by atoms with E-state index in [9.17, 15) is 0 Å². The van der Waals surface area contributed by atoms with Crippen LogP contribution in [0.15, 0.2) is 231 Å². The molecule has 3 aliphatic rings. The third-order valence-corrected chi connectivity index (χ3v) is 15.8. The number of nitrogens with zero attached hydrogens (tertiary/aromatic N) is 2. The van der Waals surface area contributed by atoms with Crippen molar-refractivity contribution in [1.29, 1.82) is 0 Å². The summed E-state index contributed by atoms with van der Waals surface area (Å²) in [5.74, 6) is 0. The Morgan fingerprint density at radius 3 is 1.32 bits per heavy atom. The van der Waals surface area contributed by atoms with Crippen molar-refractivity contribution in [2.75, 3.05) is 0 Å². The van der Waals surface area contributed by atoms with E-state index in [1.165, 1.54) is 104 Å². The topological polar surface area (TPSA) is 25.8 Å². The van der Waals surface area contributed by atoms with Crippen LogP contribution >= 0.6 is 0 Å². The van der Waals surface area contributed by atoms with E-state index in [1.807, 2.05) is 0 Å². The Hall–Kier alpha value is -8.98. The molecule has 2 heteroatoms. The van der Waals surface area contributed by atoms with Crippen LogP contribution in [0.5, 0.6) is 0 Å². The zero-order valence-corrected chi connectivity index (χ0v) is 37.3. The van der Waals surface area contributed by atoms with Crippen molar-refractivity contribution in [3.05, 3.63) is 253 Å². The van der Waals surface area contributed by atoms with Gasteiger partial charge in [0.1, 0.15) is 0 Å². The summed E-state index contributed by atoms with van der Waals surface area (Å²) in [6, 6.07) is 85.3. The van der Waals surface area contributed by atoms with Gasteiger partial charge in [0.2, 0.25) is 0 Å². The van der Waals surface area contributed by atoms with E-state index in [0.717, 1.165) is 50.1 Å². The van der Waals surface area contributed by atoms with Gasteiger partial charge in [-0.05, 0) is 107 Å². The zero-order valence-electron chi connectivity index (χ0n) is 37.3. The quantitative estimate of drug-likeness (QED) is 0.165. The highest BCUT2D eigenvalue weighted by Gasteiger charge is 2.52. The summed E-state index contributed by atoms with van der Waals surface area (Å²) in [4.78, 5) is 10.8. The number of pyridine rings is 2. The van der Waals surface area contributed by atoms with Crippen LogP contribution in [0.4, 0.5) is 0 Å².